The van der Waals surface area contributed by atoms with Gasteiger partial charge in [0, 0.05) is 12.2 Å². The summed E-state index contributed by atoms with van der Waals surface area (Å²) in [6.45, 7) is 14.1. The minimum absolute atomic E-state index is 0.966. The van der Waals surface area contributed by atoms with E-state index < -0.39 is 0 Å². The molecule has 1 N–H and O–H groups in total. The predicted molar refractivity (Wildman–Crippen MR) is 93.0 cm³/mol. The molecule has 0 spiro atoms. The Morgan fingerprint density at radius 3 is 1.80 bits per heavy atom. The minimum Gasteiger partial charge on any atom is -0.389 e. The molecule has 1 heteroatoms. The first-order valence-corrected chi connectivity index (χ1v) is 9.04. The van der Waals surface area contributed by atoms with Crippen LogP contribution in [0, 0.1) is 11.8 Å². The number of hydrogen-bond donors (Lipinski definition) is 1. The molecule has 0 fully saturated rings. The first-order chi connectivity index (χ1) is 9.65. The average molecular weight is 282 g/mol. The number of hydrogen-bond acceptors (Lipinski definition) is 1. The highest BCUT2D eigenvalue weighted by molar-refractivity contribution is 4.83. The second-order valence-electron chi connectivity index (χ2n) is 6.36. The summed E-state index contributed by atoms with van der Waals surface area (Å²) < 4.78 is 0. The standard InChI is InChI=1S/C19H39N/c1-6-18(7-2)19(8-3)15-13-11-9-10-12-14-16-20-17(4)5/h18-20H,4,6-16H2,1-3,5H3. The monoisotopic (exact) mass is 281 g/mol. The van der Waals surface area contributed by atoms with E-state index in [1.165, 1.54) is 64.2 Å². The van der Waals surface area contributed by atoms with Gasteiger partial charge < -0.3 is 5.32 Å². The second-order valence-corrected chi connectivity index (χ2v) is 6.36. The number of unbranched alkanes of at least 4 members (excludes halogenated alkanes) is 5. The Morgan fingerprint density at radius 1 is 0.800 bits per heavy atom. The molecule has 0 heterocycles. The van der Waals surface area contributed by atoms with Crippen LogP contribution in [0.5, 0.6) is 0 Å². The summed E-state index contributed by atoms with van der Waals surface area (Å²) in [5, 5.41) is 3.30. The average Bonchev–Trinajstić information content (AvgIpc) is 2.44. The number of nitrogens with one attached hydrogen (secondary N) is 1. The van der Waals surface area contributed by atoms with E-state index >= 15 is 0 Å². The lowest BCUT2D eigenvalue weighted by atomic mass is 9.82. The van der Waals surface area contributed by atoms with E-state index in [-0.39, 0.29) is 0 Å². The van der Waals surface area contributed by atoms with Gasteiger partial charge in [-0.2, -0.15) is 0 Å². The summed E-state index contributed by atoms with van der Waals surface area (Å²) in [6.07, 6.45) is 13.9. The third-order valence-electron chi connectivity index (χ3n) is 4.67. The van der Waals surface area contributed by atoms with Crippen molar-refractivity contribution in [3.8, 4) is 0 Å². The van der Waals surface area contributed by atoms with Gasteiger partial charge in [0.05, 0.1) is 0 Å². The topological polar surface area (TPSA) is 12.0 Å². The summed E-state index contributed by atoms with van der Waals surface area (Å²) in [5.74, 6) is 1.94. The zero-order valence-corrected chi connectivity index (χ0v) is 14.6. The van der Waals surface area contributed by atoms with Crippen molar-refractivity contribution in [3.63, 3.8) is 0 Å². The maximum absolute atomic E-state index is 3.85. The molecule has 0 aliphatic rings. The number of rotatable bonds is 14. The van der Waals surface area contributed by atoms with Crippen LogP contribution in [0.25, 0.3) is 0 Å². The lowest BCUT2D eigenvalue weighted by Crippen LogP contribution is -2.12. The second kappa shape index (κ2) is 13.5. The molecule has 0 aromatic carbocycles. The largest absolute Gasteiger partial charge is 0.389 e. The van der Waals surface area contributed by atoms with Crippen molar-refractivity contribution in [1.82, 2.24) is 5.32 Å². The molecule has 0 aromatic rings. The Labute approximate surface area is 128 Å². The Hall–Kier alpha value is -0.460. The van der Waals surface area contributed by atoms with E-state index in [2.05, 4.69) is 32.7 Å². The van der Waals surface area contributed by atoms with Crippen LogP contribution in [0.2, 0.25) is 0 Å². The van der Waals surface area contributed by atoms with Crippen LogP contribution in [0.15, 0.2) is 12.3 Å². The van der Waals surface area contributed by atoms with Crippen LogP contribution in [0.4, 0.5) is 0 Å². The normalized spacial score (nSPS) is 12.7. The Kier molecular flexibility index (Phi) is 13.2. The van der Waals surface area contributed by atoms with Gasteiger partial charge in [-0.3, -0.25) is 0 Å². The van der Waals surface area contributed by atoms with E-state index in [0.29, 0.717) is 0 Å². The molecule has 1 nitrogen and oxygen atoms in total. The van der Waals surface area contributed by atoms with Crippen LogP contribution in [-0.4, -0.2) is 6.54 Å². The molecule has 0 aliphatic carbocycles. The summed E-state index contributed by atoms with van der Waals surface area (Å²) in [7, 11) is 0. The van der Waals surface area contributed by atoms with Crippen molar-refractivity contribution in [1.29, 1.82) is 0 Å². The van der Waals surface area contributed by atoms with Gasteiger partial charge in [0.25, 0.3) is 0 Å². The molecule has 0 saturated carbocycles. The molecule has 0 bridgehead atoms. The fourth-order valence-corrected chi connectivity index (χ4v) is 3.27. The third kappa shape index (κ3) is 10.3. The van der Waals surface area contributed by atoms with Gasteiger partial charge in [-0.25, -0.2) is 0 Å². The molecular weight excluding hydrogens is 242 g/mol. The summed E-state index contributed by atoms with van der Waals surface area (Å²) in [4.78, 5) is 0. The van der Waals surface area contributed by atoms with Gasteiger partial charge in [-0.1, -0.05) is 85.1 Å². The van der Waals surface area contributed by atoms with Crippen LogP contribution in [-0.2, 0) is 0 Å². The van der Waals surface area contributed by atoms with E-state index in [0.717, 1.165) is 24.1 Å². The molecule has 1 unspecified atom stereocenters. The molecule has 0 aliphatic heterocycles. The molecule has 0 rings (SSSR count). The molecule has 1 atom stereocenters. The molecule has 0 aromatic heterocycles. The van der Waals surface area contributed by atoms with Gasteiger partial charge in [-0.15, -0.1) is 0 Å². The smallest absolute Gasteiger partial charge is 0.0143 e. The van der Waals surface area contributed by atoms with Crippen molar-refractivity contribution < 1.29 is 0 Å². The van der Waals surface area contributed by atoms with Crippen molar-refractivity contribution in [2.75, 3.05) is 6.54 Å². The van der Waals surface area contributed by atoms with Gasteiger partial charge in [0.1, 0.15) is 0 Å². The van der Waals surface area contributed by atoms with Gasteiger partial charge in [0.15, 0.2) is 0 Å². The van der Waals surface area contributed by atoms with E-state index in [9.17, 15) is 0 Å². The van der Waals surface area contributed by atoms with E-state index in [1.54, 1.807) is 0 Å². The van der Waals surface area contributed by atoms with Crippen molar-refractivity contribution in [2.24, 2.45) is 11.8 Å². The van der Waals surface area contributed by atoms with E-state index in [4.69, 9.17) is 0 Å². The summed E-state index contributed by atoms with van der Waals surface area (Å²) >= 11 is 0. The molecular formula is C19H39N. The first kappa shape index (κ1) is 19.5. The van der Waals surface area contributed by atoms with Gasteiger partial charge in [-0.05, 0) is 25.2 Å². The molecule has 0 saturated heterocycles. The van der Waals surface area contributed by atoms with Gasteiger partial charge >= 0.3 is 0 Å². The molecule has 120 valence electrons. The van der Waals surface area contributed by atoms with Crippen LogP contribution in [0.1, 0.15) is 91.9 Å². The fraction of sp³-hybridized carbons (Fsp3) is 0.895. The van der Waals surface area contributed by atoms with Crippen molar-refractivity contribution >= 4 is 0 Å². The van der Waals surface area contributed by atoms with Crippen LogP contribution in [0.3, 0.4) is 0 Å². The molecule has 20 heavy (non-hydrogen) atoms. The summed E-state index contributed by atoms with van der Waals surface area (Å²) in [6, 6.07) is 0. The Morgan fingerprint density at radius 2 is 1.30 bits per heavy atom. The lowest BCUT2D eigenvalue weighted by molar-refractivity contribution is 0.278. The zero-order chi connectivity index (χ0) is 15.2. The van der Waals surface area contributed by atoms with Gasteiger partial charge in [0.2, 0.25) is 0 Å². The third-order valence-corrected chi connectivity index (χ3v) is 4.67. The highest BCUT2D eigenvalue weighted by Crippen LogP contribution is 2.27. The van der Waals surface area contributed by atoms with Crippen molar-refractivity contribution in [2.45, 2.75) is 91.9 Å². The quantitative estimate of drug-likeness (QED) is 0.368. The van der Waals surface area contributed by atoms with Crippen molar-refractivity contribution in [3.05, 3.63) is 12.3 Å². The molecule has 0 radical (unpaired) electrons. The van der Waals surface area contributed by atoms with E-state index in [1.807, 2.05) is 6.92 Å². The molecule has 0 amide bonds. The highest BCUT2D eigenvalue weighted by atomic mass is 14.9. The first-order valence-electron chi connectivity index (χ1n) is 9.04. The maximum Gasteiger partial charge on any atom is 0.0143 e. The van der Waals surface area contributed by atoms with Crippen LogP contribution >= 0.6 is 0 Å². The lowest BCUT2D eigenvalue weighted by Gasteiger charge is -2.24. The minimum atomic E-state index is 0.966. The number of allylic oxidation sites excluding steroid dienone is 1. The summed E-state index contributed by atoms with van der Waals surface area (Å²) in [5.41, 5.74) is 1.09. The predicted octanol–water partition coefficient (Wildman–Crippen LogP) is 6.30. The zero-order valence-electron chi connectivity index (χ0n) is 14.6. The Bertz CT molecular complexity index is 218. The maximum atomic E-state index is 3.85. The van der Waals surface area contributed by atoms with Crippen LogP contribution < -0.4 is 5.32 Å². The fourth-order valence-electron chi connectivity index (χ4n) is 3.27. The SMILES string of the molecule is C=C(C)NCCCCCCCCC(CC)C(CC)CC. The highest BCUT2D eigenvalue weighted by Gasteiger charge is 2.15. The Balaban J connectivity index is 3.44.